The number of anilines is 1. The molecule has 5 heteroatoms. The summed E-state index contributed by atoms with van der Waals surface area (Å²) in [5.74, 6) is 0.120. The smallest absolute Gasteiger partial charge is 0.252 e. The van der Waals surface area contributed by atoms with Gasteiger partial charge in [0.05, 0.1) is 11.8 Å². The van der Waals surface area contributed by atoms with E-state index in [4.69, 9.17) is 10.5 Å². The third kappa shape index (κ3) is 3.20. The van der Waals surface area contributed by atoms with Gasteiger partial charge in [-0.25, -0.2) is 4.98 Å². The van der Waals surface area contributed by atoms with E-state index >= 15 is 0 Å². The van der Waals surface area contributed by atoms with Crippen molar-refractivity contribution in [3.05, 3.63) is 46.2 Å². The van der Waals surface area contributed by atoms with Gasteiger partial charge < -0.3 is 10.5 Å². The molecule has 0 fully saturated rings. The van der Waals surface area contributed by atoms with Crippen molar-refractivity contribution >= 4 is 5.95 Å². The Kier molecular flexibility index (Phi) is 3.97. The van der Waals surface area contributed by atoms with E-state index in [1.807, 2.05) is 38.1 Å². The van der Waals surface area contributed by atoms with E-state index in [1.165, 1.54) is 6.07 Å². The van der Waals surface area contributed by atoms with Crippen molar-refractivity contribution < 1.29 is 4.74 Å². The highest BCUT2D eigenvalue weighted by Crippen LogP contribution is 2.21. The number of hydrogen-bond donors (Lipinski definition) is 2. The molecule has 0 saturated heterocycles. The first-order valence-corrected chi connectivity index (χ1v) is 6.19. The van der Waals surface area contributed by atoms with Gasteiger partial charge in [0.25, 0.3) is 5.56 Å². The Hall–Kier alpha value is -2.14. The first-order valence-electron chi connectivity index (χ1n) is 6.19. The highest BCUT2D eigenvalue weighted by molar-refractivity contribution is 5.60. The van der Waals surface area contributed by atoms with E-state index in [1.54, 1.807) is 0 Å². The normalized spacial score (nSPS) is 12.3. The lowest BCUT2D eigenvalue weighted by Crippen LogP contribution is -2.10. The molecule has 3 N–H and O–H groups in total. The molecular weight excluding hydrogens is 242 g/mol. The van der Waals surface area contributed by atoms with Crippen LogP contribution in [0.4, 0.5) is 5.95 Å². The Balaban J connectivity index is 2.29. The number of rotatable bonds is 4. The molecule has 1 atom stereocenters. The minimum atomic E-state index is -0.255. The van der Waals surface area contributed by atoms with Gasteiger partial charge in [0.1, 0.15) is 0 Å². The molecule has 19 heavy (non-hydrogen) atoms. The number of ether oxygens (including phenoxy) is 1. The maximum absolute atomic E-state index is 11.3. The minimum Gasteiger partial charge on any atom is -0.374 e. The topological polar surface area (TPSA) is 81.0 Å². The SMILES string of the molecule is CCO[C@@H](C)c1ccc(-c2cc(=O)[nH]c(N)n2)cc1. The molecule has 0 unspecified atom stereocenters. The minimum absolute atomic E-state index is 0.0521. The molecule has 0 amide bonds. The van der Waals surface area contributed by atoms with Crippen molar-refractivity contribution in [3.8, 4) is 11.3 Å². The summed E-state index contributed by atoms with van der Waals surface area (Å²) in [5, 5.41) is 0. The monoisotopic (exact) mass is 259 g/mol. The second-order valence-electron chi connectivity index (χ2n) is 4.24. The van der Waals surface area contributed by atoms with Crippen LogP contribution < -0.4 is 11.3 Å². The Morgan fingerprint density at radius 1 is 1.37 bits per heavy atom. The standard InChI is InChI=1S/C14H17N3O2/c1-3-19-9(2)10-4-6-11(7-5-10)12-8-13(18)17-14(15)16-12/h4-9H,3H2,1-2H3,(H3,15,16,17,18)/t9-/m0/s1. The zero-order valence-corrected chi connectivity index (χ0v) is 11.0. The Morgan fingerprint density at radius 2 is 2.05 bits per heavy atom. The molecule has 100 valence electrons. The molecule has 0 aliphatic carbocycles. The van der Waals surface area contributed by atoms with Crippen LogP contribution in [0.5, 0.6) is 0 Å². The van der Waals surface area contributed by atoms with Crippen LogP contribution in [0.2, 0.25) is 0 Å². The van der Waals surface area contributed by atoms with E-state index in [-0.39, 0.29) is 17.6 Å². The predicted molar refractivity (Wildman–Crippen MR) is 74.7 cm³/mol. The summed E-state index contributed by atoms with van der Waals surface area (Å²) >= 11 is 0. The first-order chi connectivity index (χ1) is 9.10. The van der Waals surface area contributed by atoms with Crippen LogP contribution in [0.1, 0.15) is 25.5 Å². The number of nitrogen functional groups attached to an aromatic ring is 1. The Bertz CT molecular complexity index is 605. The molecule has 0 spiro atoms. The molecule has 5 nitrogen and oxygen atoms in total. The van der Waals surface area contributed by atoms with Gasteiger partial charge in [-0.15, -0.1) is 0 Å². The van der Waals surface area contributed by atoms with Crippen LogP contribution in [-0.4, -0.2) is 16.6 Å². The third-order valence-electron chi connectivity index (χ3n) is 2.85. The van der Waals surface area contributed by atoms with Crippen LogP contribution in [0.15, 0.2) is 35.1 Å². The van der Waals surface area contributed by atoms with Crippen LogP contribution in [-0.2, 0) is 4.74 Å². The molecule has 1 aromatic heterocycles. The fourth-order valence-electron chi connectivity index (χ4n) is 1.90. The molecule has 0 radical (unpaired) electrons. The third-order valence-corrected chi connectivity index (χ3v) is 2.85. The van der Waals surface area contributed by atoms with Gasteiger partial charge in [-0.2, -0.15) is 0 Å². The largest absolute Gasteiger partial charge is 0.374 e. The number of nitrogens with zero attached hydrogens (tertiary/aromatic N) is 1. The van der Waals surface area contributed by atoms with Crippen molar-refractivity contribution in [2.75, 3.05) is 12.3 Å². The maximum atomic E-state index is 11.3. The van der Waals surface area contributed by atoms with Gasteiger partial charge in [-0.1, -0.05) is 24.3 Å². The average molecular weight is 259 g/mol. The van der Waals surface area contributed by atoms with E-state index in [2.05, 4.69) is 9.97 Å². The van der Waals surface area contributed by atoms with Gasteiger partial charge in [-0.3, -0.25) is 9.78 Å². The van der Waals surface area contributed by atoms with Crippen molar-refractivity contribution in [1.29, 1.82) is 0 Å². The second kappa shape index (κ2) is 5.67. The summed E-state index contributed by atoms with van der Waals surface area (Å²) in [6.07, 6.45) is 0.0521. The molecule has 0 bridgehead atoms. The zero-order chi connectivity index (χ0) is 13.8. The lowest BCUT2D eigenvalue weighted by Gasteiger charge is -2.12. The summed E-state index contributed by atoms with van der Waals surface area (Å²) in [6, 6.07) is 9.18. The molecule has 2 aromatic rings. The number of hydrogen-bond acceptors (Lipinski definition) is 4. The Labute approximate surface area is 111 Å². The van der Waals surface area contributed by atoms with Crippen molar-refractivity contribution in [2.24, 2.45) is 0 Å². The number of nitrogens with two attached hydrogens (primary N) is 1. The van der Waals surface area contributed by atoms with E-state index in [0.717, 1.165) is 11.1 Å². The summed E-state index contributed by atoms with van der Waals surface area (Å²) in [7, 11) is 0. The van der Waals surface area contributed by atoms with Gasteiger partial charge in [-0.05, 0) is 19.4 Å². The number of aromatic amines is 1. The summed E-state index contributed by atoms with van der Waals surface area (Å²) in [4.78, 5) is 17.9. The number of H-pyrrole nitrogens is 1. The first kappa shape index (κ1) is 13.3. The molecule has 2 rings (SSSR count). The molecular formula is C14H17N3O2. The van der Waals surface area contributed by atoms with Crippen molar-refractivity contribution in [3.63, 3.8) is 0 Å². The lowest BCUT2D eigenvalue weighted by atomic mass is 10.1. The van der Waals surface area contributed by atoms with E-state index < -0.39 is 0 Å². The maximum Gasteiger partial charge on any atom is 0.252 e. The lowest BCUT2D eigenvalue weighted by molar-refractivity contribution is 0.0764. The van der Waals surface area contributed by atoms with E-state index in [9.17, 15) is 4.79 Å². The van der Waals surface area contributed by atoms with Crippen LogP contribution in [0.3, 0.4) is 0 Å². The van der Waals surface area contributed by atoms with Gasteiger partial charge in [0.15, 0.2) is 0 Å². The van der Waals surface area contributed by atoms with Crippen LogP contribution in [0.25, 0.3) is 11.3 Å². The van der Waals surface area contributed by atoms with Gasteiger partial charge in [0, 0.05) is 18.2 Å². The number of benzene rings is 1. The van der Waals surface area contributed by atoms with Crippen LogP contribution >= 0.6 is 0 Å². The zero-order valence-electron chi connectivity index (χ0n) is 11.0. The van der Waals surface area contributed by atoms with Gasteiger partial charge in [0.2, 0.25) is 5.95 Å². The Morgan fingerprint density at radius 3 is 2.63 bits per heavy atom. The van der Waals surface area contributed by atoms with Crippen LogP contribution in [0, 0.1) is 0 Å². The fraction of sp³-hybridized carbons (Fsp3) is 0.286. The number of nitrogens with one attached hydrogen (secondary N) is 1. The van der Waals surface area contributed by atoms with E-state index in [0.29, 0.717) is 12.3 Å². The highest BCUT2D eigenvalue weighted by Gasteiger charge is 2.06. The molecule has 0 aliphatic rings. The predicted octanol–water partition coefficient (Wildman–Crippen LogP) is 2.12. The highest BCUT2D eigenvalue weighted by atomic mass is 16.5. The fourth-order valence-corrected chi connectivity index (χ4v) is 1.90. The van der Waals surface area contributed by atoms with Crippen molar-refractivity contribution in [2.45, 2.75) is 20.0 Å². The quantitative estimate of drug-likeness (QED) is 0.881. The summed E-state index contributed by atoms with van der Waals surface area (Å²) in [6.45, 7) is 4.64. The average Bonchev–Trinajstić information content (AvgIpc) is 2.38. The second-order valence-corrected chi connectivity index (χ2v) is 4.24. The van der Waals surface area contributed by atoms with Gasteiger partial charge >= 0.3 is 0 Å². The summed E-state index contributed by atoms with van der Waals surface area (Å²) < 4.78 is 5.52. The molecule has 0 aliphatic heterocycles. The molecule has 1 heterocycles. The summed E-state index contributed by atoms with van der Waals surface area (Å²) in [5.41, 5.74) is 7.78. The molecule has 0 saturated carbocycles. The number of aromatic nitrogens is 2. The van der Waals surface area contributed by atoms with Crippen molar-refractivity contribution in [1.82, 2.24) is 9.97 Å². The molecule has 1 aromatic carbocycles.